The van der Waals surface area contributed by atoms with Crippen molar-refractivity contribution in [2.75, 3.05) is 13.7 Å². The molecule has 3 atom stereocenters. The largest absolute Gasteiger partial charge is 0.494 e. The number of dihydropyridines is 1. The van der Waals surface area contributed by atoms with E-state index in [4.69, 9.17) is 14.2 Å². The first kappa shape index (κ1) is 26.0. The number of hydrogen-bond donors (Lipinski definition) is 1. The van der Waals surface area contributed by atoms with Gasteiger partial charge in [-0.3, -0.25) is 9.59 Å². The Hall–Kier alpha value is -3.09. The quantitative estimate of drug-likeness (QED) is 0.339. The van der Waals surface area contributed by atoms with Crippen molar-refractivity contribution in [3.8, 4) is 5.75 Å². The second-order valence-electron chi connectivity index (χ2n) is 10.1. The maximum absolute atomic E-state index is 13.8. The van der Waals surface area contributed by atoms with Crippen molar-refractivity contribution < 1.29 is 28.6 Å². The van der Waals surface area contributed by atoms with Gasteiger partial charge in [0.1, 0.15) is 17.8 Å². The van der Waals surface area contributed by atoms with Crippen LogP contribution in [0.15, 0.2) is 46.8 Å². The van der Waals surface area contributed by atoms with Crippen LogP contribution in [0.4, 0.5) is 0 Å². The number of rotatable bonds is 6. The number of carbonyl (C=O) groups is 3. The van der Waals surface area contributed by atoms with Gasteiger partial charge in [0, 0.05) is 22.9 Å². The second kappa shape index (κ2) is 11.3. The maximum Gasteiger partial charge on any atom is 0.337 e. The third kappa shape index (κ3) is 5.20. The van der Waals surface area contributed by atoms with Gasteiger partial charge in [0.25, 0.3) is 0 Å². The van der Waals surface area contributed by atoms with Gasteiger partial charge in [-0.05, 0) is 69.6 Å². The van der Waals surface area contributed by atoms with Gasteiger partial charge in [-0.25, -0.2) is 4.79 Å². The predicted molar refractivity (Wildman–Crippen MR) is 135 cm³/mol. The van der Waals surface area contributed by atoms with Gasteiger partial charge in [0.15, 0.2) is 5.78 Å². The standard InChI is InChI=1S/C29H37NO6/c1-5-35-20-14-12-19(13-15-20)25-24(29(33)36-21-10-8-6-7-9-11-21)18(3)30-22-16-17(2)23(28(32)34-4)27(31)26(22)25/h12-15,17,21,23,25,30H,5-11,16H2,1-4H3/t17-,23-,25+/m0/s1. The molecule has 3 aliphatic rings. The zero-order valence-corrected chi connectivity index (χ0v) is 21.7. The molecule has 0 saturated heterocycles. The molecule has 0 amide bonds. The molecule has 0 unspecified atom stereocenters. The number of ketones is 1. The van der Waals surface area contributed by atoms with Gasteiger partial charge in [-0.1, -0.05) is 31.9 Å². The fourth-order valence-corrected chi connectivity index (χ4v) is 5.78. The number of allylic oxidation sites excluding steroid dienone is 3. The summed E-state index contributed by atoms with van der Waals surface area (Å²) in [7, 11) is 1.30. The molecule has 1 aromatic carbocycles. The lowest BCUT2D eigenvalue weighted by Gasteiger charge is -2.38. The molecule has 1 saturated carbocycles. The van der Waals surface area contributed by atoms with Crippen LogP contribution in [0, 0.1) is 11.8 Å². The summed E-state index contributed by atoms with van der Waals surface area (Å²) in [5, 5.41) is 3.33. The van der Waals surface area contributed by atoms with Crippen molar-refractivity contribution in [3.63, 3.8) is 0 Å². The molecule has 4 rings (SSSR count). The topological polar surface area (TPSA) is 90.9 Å². The van der Waals surface area contributed by atoms with E-state index >= 15 is 0 Å². The minimum Gasteiger partial charge on any atom is -0.494 e. The number of carbonyl (C=O) groups excluding carboxylic acids is 3. The summed E-state index contributed by atoms with van der Waals surface area (Å²) in [6, 6.07) is 7.46. The summed E-state index contributed by atoms with van der Waals surface area (Å²) in [5.74, 6) is -2.29. The van der Waals surface area contributed by atoms with Crippen molar-refractivity contribution in [1.29, 1.82) is 0 Å². The average molecular weight is 496 g/mol. The smallest absolute Gasteiger partial charge is 0.337 e. The molecule has 2 aliphatic carbocycles. The molecular formula is C29H37NO6. The zero-order chi connectivity index (χ0) is 25.8. The predicted octanol–water partition coefficient (Wildman–Crippen LogP) is 4.96. The first-order chi connectivity index (χ1) is 17.3. The third-order valence-electron chi connectivity index (χ3n) is 7.56. The molecule has 0 spiro atoms. The number of benzene rings is 1. The SMILES string of the molecule is CCOc1ccc([C@@H]2C(C(=O)OC3CCCCCC3)=C(C)NC3=C2C(=O)[C@@H](C(=O)OC)[C@@H](C)C3)cc1. The van der Waals surface area contributed by atoms with Gasteiger partial charge in [0.2, 0.25) is 0 Å². The van der Waals surface area contributed by atoms with Crippen molar-refractivity contribution in [1.82, 2.24) is 5.32 Å². The Morgan fingerprint density at radius 2 is 1.72 bits per heavy atom. The van der Waals surface area contributed by atoms with Gasteiger partial charge in [-0.15, -0.1) is 0 Å². The second-order valence-corrected chi connectivity index (χ2v) is 10.1. The first-order valence-electron chi connectivity index (χ1n) is 13.1. The molecule has 1 aliphatic heterocycles. The van der Waals surface area contributed by atoms with E-state index < -0.39 is 23.8 Å². The Morgan fingerprint density at radius 3 is 2.33 bits per heavy atom. The van der Waals surface area contributed by atoms with Gasteiger partial charge >= 0.3 is 11.9 Å². The molecule has 7 nitrogen and oxygen atoms in total. The van der Waals surface area contributed by atoms with Crippen LogP contribution < -0.4 is 10.1 Å². The number of nitrogens with one attached hydrogen (secondary N) is 1. The summed E-state index contributed by atoms with van der Waals surface area (Å²) in [5.41, 5.74) is 3.10. The fraction of sp³-hybridized carbons (Fsp3) is 0.552. The number of esters is 2. The molecule has 194 valence electrons. The van der Waals surface area contributed by atoms with Crippen molar-refractivity contribution in [2.45, 2.75) is 77.7 Å². The van der Waals surface area contributed by atoms with Crippen LogP contribution in [0.5, 0.6) is 5.75 Å². The summed E-state index contributed by atoms with van der Waals surface area (Å²) in [6.07, 6.45) is 6.50. The molecule has 0 radical (unpaired) electrons. The minimum atomic E-state index is -0.904. The van der Waals surface area contributed by atoms with E-state index in [0.717, 1.165) is 49.8 Å². The van der Waals surface area contributed by atoms with Gasteiger partial charge in [-0.2, -0.15) is 0 Å². The molecule has 36 heavy (non-hydrogen) atoms. The van der Waals surface area contributed by atoms with Crippen LogP contribution in [-0.2, 0) is 23.9 Å². The number of Topliss-reactive ketones (excluding diaryl/α,β-unsaturated/α-hetero) is 1. The zero-order valence-electron chi connectivity index (χ0n) is 21.7. The van der Waals surface area contributed by atoms with E-state index in [0.29, 0.717) is 35.6 Å². The Balaban J connectivity index is 1.76. The van der Waals surface area contributed by atoms with E-state index in [2.05, 4.69) is 5.32 Å². The first-order valence-corrected chi connectivity index (χ1v) is 13.1. The van der Waals surface area contributed by atoms with Crippen molar-refractivity contribution in [2.24, 2.45) is 11.8 Å². The molecular weight excluding hydrogens is 458 g/mol. The number of ether oxygens (including phenoxy) is 3. The van der Waals surface area contributed by atoms with E-state index in [1.54, 1.807) is 0 Å². The van der Waals surface area contributed by atoms with Gasteiger partial charge < -0.3 is 19.5 Å². The molecule has 1 N–H and O–H groups in total. The van der Waals surface area contributed by atoms with Crippen molar-refractivity contribution in [3.05, 3.63) is 52.4 Å². The van der Waals surface area contributed by atoms with Crippen LogP contribution in [-0.4, -0.2) is 37.5 Å². The van der Waals surface area contributed by atoms with E-state index in [9.17, 15) is 14.4 Å². The molecule has 1 aromatic rings. The lowest BCUT2D eigenvalue weighted by atomic mass is 9.69. The van der Waals surface area contributed by atoms with Crippen LogP contribution in [0.1, 0.15) is 77.2 Å². The molecule has 1 heterocycles. The van der Waals surface area contributed by atoms with Crippen LogP contribution in [0.2, 0.25) is 0 Å². The average Bonchev–Trinajstić information content (AvgIpc) is 3.12. The van der Waals surface area contributed by atoms with Crippen LogP contribution in [0.25, 0.3) is 0 Å². The summed E-state index contributed by atoms with van der Waals surface area (Å²) < 4.78 is 16.6. The minimum absolute atomic E-state index is 0.124. The molecule has 1 fully saturated rings. The number of methoxy groups -OCH3 is 1. The lowest BCUT2D eigenvalue weighted by molar-refractivity contribution is -0.151. The van der Waals surface area contributed by atoms with E-state index in [-0.39, 0.29) is 17.8 Å². The summed E-state index contributed by atoms with van der Waals surface area (Å²) in [4.78, 5) is 40.1. The monoisotopic (exact) mass is 495 g/mol. The highest BCUT2D eigenvalue weighted by molar-refractivity contribution is 6.12. The number of hydrogen-bond acceptors (Lipinski definition) is 7. The normalized spacial score (nSPS) is 25.0. The lowest BCUT2D eigenvalue weighted by Crippen LogP contribution is -2.43. The summed E-state index contributed by atoms with van der Waals surface area (Å²) >= 11 is 0. The molecule has 7 heteroatoms. The van der Waals surface area contributed by atoms with Gasteiger partial charge in [0.05, 0.1) is 19.3 Å². The Morgan fingerprint density at radius 1 is 1.06 bits per heavy atom. The molecule has 0 bridgehead atoms. The highest BCUT2D eigenvalue weighted by Gasteiger charge is 2.47. The third-order valence-corrected chi connectivity index (χ3v) is 7.56. The highest BCUT2D eigenvalue weighted by atomic mass is 16.5. The van der Waals surface area contributed by atoms with Crippen LogP contribution in [0.3, 0.4) is 0 Å². The Bertz CT molecular complexity index is 1060. The van der Waals surface area contributed by atoms with Crippen LogP contribution >= 0.6 is 0 Å². The molecule has 0 aromatic heterocycles. The fourth-order valence-electron chi connectivity index (χ4n) is 5.78. The van der Waals surface area contributed by atoms with E-state index in [1.165, 1.54) is 7.11 Å². The highest BCUT2D eigenvalue weighted by Crippen LogP contribution is 2.46. The summed E-state index contributed by atoms with van der Waals surface area (Å²) in [6.45, 7) is 6.19. The Labute approximate surface area is 213 Å². The Kier molecular flexibility index (Phi) is 8.17. The van der Waals surface area contributed by atoms with E-state index in [1.807, 2.05) is 45.0 Å². The van der Waals surface area contributed by atoms with Crippen molar-refractivity contribution >= 4 is 17.7 Å². The maximum atomic E-state index is 13.8.